The molecule has 72 valence electrons. The molecule has 3 heteroatoms. The number of hydrogen-bond donors (Lipinski definition) is 0. The Morgan fingerprint density at radius 3 is 2.36 bits per heavy atom. The zero-order chi connectivity index (χ0) is 10.1. The first-order chi connectivity index (χ1) is 6.70. The van der Waals surface area contributed by atoms with Crippen molar-refractivity contribution >= 4 is 0 Å². The predicted molar refractivity (Wildman–Crippen MR) is 55.7 cm³/mol. The first-order valence-corrected chi connectivity index (χ1v) is 4.51. The van der Waals surface area contributed by atoms with Gasteiger partial charge in [0.15, 0.2) is 0 Å². The number of aromatic nitrogens is 2. The maximum atomic E-state index is 11.6. The number of rotatable bonds is 1. The van der Waals surface area contributed by atoms with Gasteiger partial charge in [-0.15, -0.1) is 0 Å². The predicted octanol–water partition coefficient (Wildman–Crippen LogP) is 1.48. The topological polar surface area (TPSA) is 26.9 Å². The van der Waals surface area contributed by atoms with Crippen LogP contribution in [0.15, 0.2) is 41.2 Å². The molecule has 2 aromatic rings. The van der Waals surface area contributed by atoms with Crippen molar-refractivity contribution in [2.24, 2.45) is 7.05 Å². The van der Waals surface area contributed by atoms with Crippen molar-refractivity contribution in [1.29, 1.82) is 0 Å². The van der Waals surface area contributed by atoms with Gasteiger partial charge in [0.05, 0.1) is 5.69 Å². The van der Waals surface area contributed by atoms with E-state index in [0.717, 1.165) is 11.4 Å². The minimum absolute atomic E-state index is 0.0104. The molecule has 0 amide bonds. The summed E-state index contributed by atoms with van der Waals surface area (Å²) in [5.74, 6) is 0. The Morgan fingerprint density at radius 1 is 1.21 bits per heavy atom. The lowest BCUT2D eigenvalue weighted by molar-refractivity contribution is 0.630. The van der Waals surface area contributed by atoms with Crippen LogP contribution >= 0.6 is 0 Å². The van der Waals surface area contributed by atoms with E-state index in [4.69, 9.17) is 0 Å². The van der Waals surface area contributed by atoms with E-state index in [1.807, 2.05) is 49.0 Å². The van der Waals surface area contributed by atoms with Gasteiger partial charge in [0.1, 0.15) is 0 Å². The second kappa shape index (κ2) is 3.18. The molecule has 1 aromatic carbocycles. The van der Waals surface area contributed by atoms with Crippen molar-refractivity contribution < 1.29 is 0 Å². The highest BCUT2D eigenvalue weighted by molar-refractivity contribution is 5.30. The summed E-state index contributed by atoms with van der Waals surface area (Å²) in [6.45, 7) is 1.92. The van der Waals surface area contributed by atoms with Crippen LogP contribution in [0.3, 0.4) is 0 Å². The summed E-state index contributed by atoms with van der Waals surface area (Å²) in [7, 11) is 1.88. The Kier molecular flexibility index (Phi) is 2.00. The highest BCUT2D eigenvalue weighted by Crippen LogP contribution is 2.04. The lowest BCUT2D eigenvalue weighted by atomic mass is 10.3. The zero-order valence-electron chi connectivity index (χ0n) is 8.27. The average molecular weight is 190 g/mol. The van der Waals surface area contributed by atoms with Gasteiger partial charge in [-0.1, -0.05) is 18.2 Å². The summed E-state index contributed by atoms with van der Waals surface area (Å²) < 4.78 is 3.49. The third-order valence-corrected chi connectivity index (χ3v) is 2.35. The molecule has 0 N–H and O–H groups in total. The van der Waals surface area contributed by atoms with Crippen LogP contribution in [0.4, 0.5) is 0 Å². The first-order valence-electron chi connectivity index (χ1n) is 4.51. The molecule has 14 heavy (non-hydrogen) atoms. The molecule has 0 aliphatic carbocycles. The van der Waals surface area contributed by atoms with Crippen LogP contribution in [0.25, 0.3) is 5.69 Å². The van der Waals surface area contributed by atoms with Crippen molar-refractivity contribution in [2.45, 2.75) is 6.92 Å². The molecule has 0 saturated carbocycles. The third-order valence-electron chi connectivity index (χ3n) is 2.35. The smallest absolute Gasteiger partial charge is 0.271 e. The van der Waals surface area contributed by atoms with Crippen molar-refractivity contribution in [3.63, 3.8) is 0 Å². The zero-order valence-corrected chi connectivity index (χ0v) is 8.27. The maximum Gasteiger partial charge on any atom is 0.271 e. The Balaban J connectivity index is 2.69. The Morgan fingerprint density at radius 2 is 1.86 bits per heavy atom. The number of para-hydroxylation sites is 1. The highest BCUT2D eigenvalue weighted by atomic mass is 16.1. The van der Waals surface area contributed by atoms with Gasteiger partial charge in [-0.3, -0.25) is 9.48 Å². The van der Waals surface area contributed by atoms with Gasteiger partial charge in [0.2, 0.25) is 0 Å². The normalized spacial score (nSPS) is 10.4. The molecular formula is C11H12N2O. The standard InChI is InChI=1S/C11H12N2O/c1-9-8-11(14)13(12(9)2)10-6-4-3-5-7-10/h3-8H,1-2H3/i2+2. The first kappa shape index (κ1) is 8.81. The lowest BCUT2D eigenvalue weighted by Crippen LogP contribution is -2.18. The molecule has 3 nitrogen and oxygen atoms in total. The number of hydrogen-bond acceptors (Lipinski definition) is 1. The monoisotopic (exact) mass is 190 g/mol. The fourth-order valence-electron chi connectivity index (χ4n) is 1.51. The summed E-state index contributed by atoms with van der Waals surface area (Å²) in [5, 5.41) is 0. The van der Waals surface area contributed by atoms with Crippen LogP contribution in [-0.4, -0.2) is 9.36 Å². The third kappa shape index (κ3) is 1.27. The summed E-state index contributed by atoms with van der Waals surface area (Å²) in [5.41, 5.74) is 1.86. The fraction of sp³-hybridized carbons (Fsp3) is 0.182. The van der Waals surface area contributed by atoms with Gasteiger partial charge in [-0.2, -0.15) is 0 Å². The SMILES string of the molecule is Cc1cc(=O)n(-c2ccccc2)n1[14CH3]. The van der Waals surface area contributed by atoms with Gasteiger partial charge in [0, 0.05) is 18.8 Å². The van der Waals surface area contributed by atoms with E-state index >= 15 is 0 Å². The van der Waals surface area contributed by atoms with Crippen molar-refractivity contribution in [3.8, 4) is 5.69 Å². The van der Waals surface area contributed by atoms with Crippen molar-refractivity contribution in [3.05, 3.63) is 52.4 Å². The van der Waals surface area contributed by atoms with E-state index in [0.29, 0.717) is 0 Å². The van der Waals surface area contributed by atoms with Gasteiger partial charge < -0.3 is 0 Å². The van der Waals surface area contributed by atoms with Crippen molar-refractivity contribution in [2.75, 3.05) is 0 Å². The van der Waals surface area contributed by atoms with Crippen LogP contribution in [0.5, 0.6) is 0 Å². The molecular weight excluding hydrogens is 178 g/mol. The van der Waals surface area contributed by atoms with Gasteiger partial charge in [-0.25, -0.2) is 4.68 Å². The van der Waals surface area contributed by atoms with Gasteiger partial charge in [-0.05, 0) is 19.1 Å². The molecule has 0 atom stereocenters. The summed E-state index contributed by atoms with van der Waals surface area (Å²) in [6, 6.07) is 11.2. The molecule has 0 radical (unpaired) electrons. The quantitative estimate of drug-likeness (QED) is 0.669. The largest absolute Gasteiger partial charge is 0.285 e. The molecule has 0 saturated heterocycles. The van der Waals surface area contributed by atoms with Crippen LogP contribution in [0, 0.1) is 6.92 Å². The number of aryl methyl sites for hydroxylation is 1. The minimum Gasteiger partial charge on any atom is -0.285 e. The van der Waals surface area contributed by atoms with E-state index < -0.39 is 0 Å². The van der Waals surface area contributed by atoms with Crippen LogP contribution in [0.1, 0.15) is 5.69 Å². The Bertz CT molecular complexity index is 494. The van der Waals surface area contributed by atoms with E-state index in [2.05, 4.69) is 0 Å². The molecule has 0 aliphatic heterocycles. The van der Waals surface area contributed by atoms with Gasteiger partial charge >= 0.3 is 0 Å². The summed E-state index contributed by atoms with van der Waals surface area (Å²) >= 11 is 0. The molecule has 0 unspecified atom stereocenters. The summed E-state index contributed by atoms with van der Waals surface area (Å²) in [4.78, 5) is 11.6. The van der Waals surface area contributed by atoms with Crippen molar-refractivity contribution in [1.82, 2.24) is 9.36 Å². The number of benzene rings is 1. The minimum atomic E-state index is 0.0104. The molecule has 2 rings (SSSR count). The fourth-order valence-corrected chi connectivity index (χ4v) is 1.51. The molecule has 0 aliphatic rings. The van der Waals surface area contributed by atoms with Crippen LogP contribution in [-0.2, 0) is 7.05 Å². The molecule has 0 bridgehead atoms. The number of nitrogens with zero attached hydrogens (tertiary/aromatic N) is 2. The van der Waals surface area contributed by atoms with E-state index in [1.165, 1.54) is 0 Å². The highest BCUT2D eigenvalue weighted by Gasteiger charge is 2.05. The average Bonchev–Trinajstić information content (AvgIpc) is 2.43. The molecule has 0 spiro atoms. The van der Waals surface area contributed by atoms with Gasteiger partial charge in [0.25, 0.3) is 5.56 Å². The molecule has 1 heterocycles. The Hall–Kier alpha value is -1.77. The second-order valence-corrected chi connectivity index (χ2v) is 3.29. The second-order valence-electron chi connectivity index (χ2n) is 3.29. The maximum absolute atomic E-state index is 11.6. The summed E-state index contributed by atoms with van der Waals surface area (Å²) in [6.07, 6.45) is 0. The van der Waals surface area contributed by atoms with E-state index in [-0.39, 0.29) is 5.56 Å². The van der Waals surface area contributed by atoms with Crippen LogP contribution < -0.4 is 5.56 Å². The molecule has 0 fully saturated rings. The van der Waals surface area contributed by atoms with E-state index in [9.17, 15) is 4.79 Å². The van der Waals surface area contributed by atoms with E-state index in [1.54, 1.807) is 10.7 Å². The van der Waals surface area contributed by atoms with Crippen LogP contribution in [0.2, 0.25) is 0 Å². The Labute approximate surface area is 82.2 Å². The lowest BCUT2D eigenvalue weighted by Gasteiger charge is -2.07. The molecule has 1 aromatic heterocycles.